The minimum absolute atomic E-state index is 0.247. The topological polar surface area (TPSA) is 69.3 Å². The molecule has 2 heterocycles. The molecule has 0 bridgehead atoms. The zero-order chi connectivity index (χ0) is 21.8. The van der Waals surface area contributed by atoms with Gasteiger partial charge in [0.15, 0.2) is 5.76 Å². The van der Waals surface area contributed by atoms with Crippen LogP contribution < -0.4 is 10.1 Å². The van der Waals surface area contributed by atoms with Gasteiger partial charge in [-0.05, 0) is 43.9 Å². The van der Waals surface area contributed by atoms with Gasteiger partial charge in [0.05, 0.1) is 16.4 Å². The number of fused-ring (bicyclic) bond motifs is 1. The van der Waals surface area contributed by atoms with Crippen LogP contribution in [-0.4, -0.2) is 22.2 Å². The maximum absolute atomic E-state index is 12.4. The van der Waals surface area contributed by atoms with Gasteiger partial charge in [-0.2, -0.15) is 5.10 Å². The van der Waals surface area contributed by atoms with Crippen molar-refractivity contribution < 1.29 is 13.9 Å². The number of nitrogens with one attached hydrogen (secondary N) is 1. The Morgan fingerprint density at radius 3 is 2.74 bits per heavy atom. The Morgan fingerprint density at radius 1 is 1.13 bits per heavy atom. The molecule has 0 saturated carbocycles. The number of carbonyl (C=O) groups is 1. The summed E-state index contributed by atoms with van der Waals surface area (Å²) in [6.45, 7) is 5.26. The third-order valence-electron chi connectivity index (χ3n) is 5.13. The second-order valence-electron chi connectivity index (χ2n) is 7.35. The molecule has 31 heavy (non-hydrogen) atoms. The highest BCUT2D eigenvalue weighted by Crippen LogP contribution is 2.26. The van der Waals surface area contributed by atoms with Gasteiger partial charge in [0.1, 0.15) is 18.1 Å². The molecule has 4 rings (SSSR count). The van der Waals surface area contributed by atoms with Gasteiger partial charge in [-0.25, -0.2) is 0 Å². The first-order valence-electron chi connectivity index (χ1n) is 10.2. The van der Waals surface area contributed by atoms with Crippen molar-refractivity contribution in [3.8, 4) is 5.75 Å². The second-order valence-corrected chi connectivity index (χ2v) is 7.73. The summed E-state index contributed by atoms with van der Waals surface area (Å²) in [7, 11) is 0. The summed E-state index contributed by atoms with van der Waals surface area (Å²) in [6, 6.07) is 17.4. The summed E-state index contributed by atoms with van der Waals surface area (Å²) in [5.74, 6) is 1.40. The van der Waals surface area contributed by atoms with Gasteiger partial charge in [-0.3, -0.25) is 9.48 Å². The van der Waals surface area contributed by atoms with Crippen molar-refractivity contribution in [2.75, 3.05) is 6.54 Å². The summed E-state index contributed by atoms with van der Waals surface area (Å²) < 4.78 is 13.4. The average Bonchev–Trinajstić information content (AvgIpc) is 3.36. The van der Waals surface area contributed by atoms with E-state index in [0.717, 1.165) is 34.3 Å². The highest BCUT2D eigenvalue weighted by Gasteiger charge is 2.12. The van der Waals surface area contributed by atoms with E-state index >= 15 is 0 Å². The lowest BCUT2D eigenvalue weighted by atomic mass is 10.1. The average molecular weight is 438 g/mol. The molecule has 0 saturated heterocycles. The number of hydrogen-bond acceptors (Lipinski definition) is 4. The Kier molecular flexibility index (Phi) is 6.28. The van der Waals surface area contributed by atoms with Crippen molar-refractivity contribution in [1.82, 2.24) is 15.1 Å². The Hall–Kier alpha value is -3.25. The molecule has 0 spiro atoms. The van der Waals surface area contributed by atoms with E-state index in [0.29, 0.717) is 23.9 Å². The van der Waals surface area contributed by atoms with Crippen LogP contribution >= 0.6 is 11.6 Å². The van der Waals surface area contributed by atoms with Crippen LogP contribution in [0.25, 0.3) is 10.8 Å². The number of carbonyl (C=O) groups excluding carboxylic acids is 1. The normalized spacial score (nSPS) is 11.1. The summed E-state index contributed by atoms with van der Waals surface area (Å²) in [6.07, 6.45) is 0.738. The lowest BCUT2D eigenvalue weighted by Crippen LogP contribution is -2.25. The minimum atomic E-state index is -0.247. The van der Waals surface area contributed by atoms with Crippen LogP contribution in [0.2, 0.25) is 5.02 Å². The molecule has 2 aromatic heterocycles. The SMILES string of the molecule is Cc1nn(CCCNC(=O)c2ccc(COc3cccc4ccccc34)o2)c(C)c1Cl. The first kappa shape index (κ1) is 21.0. The van der Waals surface area contributed by atoms with E-state index in [1.807, 2.05) is 61.0 Å². The fourth-order valence-corrected chi connectivity index (χ4v) is 3.59. The molecular weight excluding hydrogens is 414 g/mol. The summed E-state index contributed by atoms with van der Waals surface area (Å²) in [5.41, 5.74) is 1.75. The van der Waals surface area contributed by atoms with E-state index in [9.17, 15) is 4.79 Å². The molecular formula is C24H24ClN3O3. The number of hydrogen-bond donors (Lipinski definition) is 1. The maximum Gasteiger partial charge on any atom is 0.286 e. The highest BCUT2D eigenvalue weighted by molar-refractivity contribution is 6.31. The highest BCUT2D eigenvalue weighted by atomic mass is 35.5. The monoisotopic (exact) mass is 437 g/mol. The summed E-state index contributed by atoms with van der Waals surface area (Å²) in [4.78, 5) is 12.4. The van der Waals surface area contributed by atoms with E-state index in [1.165, 1.54) is 0 Å². The third-order valence-corrected chi connectivity index (χ3v) is 5.68. The number of halogens is 1. The van der Waals surface area contributed by atoms with Crippen molar-refractivity contribution >= 4 is 28.3 Å². The number of benzene rings is 2. The molecule has 6 nitrogen and oxygen atoms in total. The van der Waals surface area contributed by atoms with Crippen LogP contribution in [0.15, 0.2) is 59.0 Å². The Bertz CT molecular complexity index is 1210. The molecule has 0 atom stereocenters. The van der Waals surface area contributed by atoms with Gasteiger partial charge in [0.25, 0.3) is 5.91 Å². The Balaban J connectivity index is 1.28. The fourth-order valence-electron chi connectivity index (χ4n) is 3.46. The molecule has 1 amide bonds. The molecule has 0 fully saturated rings. The number of ether oxygens (including phenoxy) is 1. The van der Waals surface area contributed by atoms with Crippen molar-refractivity contribution in [3.63, 3.8) is 0 Å². The van der Waals surface area contributed by atoms with Crippen LogP contribution in [0.1, 0.15) is 34.1 Å². The lowest BCUT2D eigenvalue weighted by molar-refractivity contribution is 0.0921. The quantitative estimate of drug-likeness (QED) is 0.380. The fraction of sp³-hybridized carbons (Fsp3) is 0.250. The number of aryl methyl sites for hydroxylation is 2. The van der Waals surface area contributed by atoms with E-state index in [-0.39, 0.29) is 18.3 Å². The molecule has 0 unspecified atom stereocenters. The van der Waals surface area contributed by atoms with Gasteiger partial charge in [0, 0.05) is 18.5 Å². The molecule has 0 aliphatic carbocycles. The van der Waals surface area contributed by atoms with E-state index < -0.39 is 0 Å². The zero-order valence-electron chi connectivity index (χ0n) is 17.5. The van der Waals surface area contributed by atoms with Gasteiger partial charge in [0.2, 0.25) is 0 Å². The van der Waals surface area contributed by atoms with Crippen LogP contribution in [0, 0.1) is 13.8 Å². The molecule has 4 aromatic rings. The lowest BCUT2D eigenvalue weighted by Gasteiger charge is -2.08. The van der Waals surface area contributed by atoms with Gasteiger partial charge in [-0.1, -0.05) is 48.0 Å². The van der Waals surface area contributed by atoms with Crippen molar-refractivity contribution in [2.24, 2.45) is 0 Å². The minimum Gasteiger partial charge on any atom is -0.485 e. The van der Waals surface area contributed by atoms with Crippen molar-refractivity contribution in [1.29, 1.82) is 0 Å². The number of rotatable bonds is 8. The number of nitrogens with zero attached hydrogens (tertiary/aromatic N) is 2. The van der Waals surface area contributed by atoms with Crippen molar-refractivity contribution in [2.45, 2.75) is 33.4 Å². The molecule has 2 aromatic carbocycles. The summed E-state index contributed by atoms with van der Waals surface area (Å²) in [5, 5.41) is 10.1. The van der Waals surface area contributed by atoms with Crippen LogP contribution in [0.5, 0.6) is 5.75 Å². The van der Waals surface area contributed by atoms with E-state index in [4.69, 9.17) is 20.8 Å². The number of amides is 1. The van der Waals surface area contributed by atoms with Gasteiger partial charge in [-0.15, -0.1) is 0 Å². The van der Waals surface area contributed by atoms with Crippen molar-refractivity contribution in [3.05, 3.63) is 82.5 Å². The number of furan rings is 1. The van der Waals surface area contributed by atoms with E-state index in [2.05, 4.69) is 10.4 Å². The second kappa shape index (κ2) is 9.27. The molecule has 0 radical (unpaired) electrons. The molecule has 0 aliphatic heterocycles. The van der Waals surface area contributed by atoms with E-state index in [1.54, 1.807) is 12.1 Å². The van der Waals surface area contributed by atoms with Gasteiger partial charge < -0.3 is 14.5 Å². The molecule has 1 N–H and O–H groups in total. The third kappa shape index (κ3) is 4.75. The predicted octanol–water partition coefficient (Wildman–Crippen LogP) is 5.30. The first-order chi connectivity index (χ1) is 15.0. The Morgan fingerprint density at radius 2 is 1.94 bits per heavy atom. The van der Waals surface area contributed by atoms with Crippen LogP contribution in [0.3, 0.4) is 0 Å². The van der Waals surface area contributed by atoms with Crippen LogP contribution in [0.4, 0.5) is 0 Å². The number of aromatic nitrogens is 2. The molecule has 160 valence electrons. The van der Waals surface area contributed by atoms with Gasteiger partial charge >= 0.3 is 0 Å². The molecule has 7 heteroatoms. The zero-order valence-corrected chi connectivity index (χ0v) is 18.3. The Labute approximate surface area is 185 Å². The summed E-state index contributed by atoms with van der Waals surface area (Å²) >= 11 is 6.16. The standard InChI is InChI=1S/C24H24ClN3O3/c1-16-23(25)17(2)28(27-16)14-6-13-26-24(29)22-12-11-19(31-22)15-30-21-10-5-8-18-7-3-4-9-20(18)21/h3-5,7-12H,6,13-15H2,1-2H3,(H,26,29). The maximum atomic E-state index is 12.4. The van der Waals surface area contributed by atoms with Crippen LogP contribution in [-0.2, 0) is 13.2 Å². The molecule has 0 aliphatic rings. The largest absolute Gasteiger partial charge is 0.485 e. The first-order valence-corrected chi connectivity index (χ1v) is 10.6. The predicted molar refractivity (Wildman–Crippen MR) is 121 cm³/mol. The smallest absolute Gasteiger partial charge is 0.286 e.